The Balaban J connectivity index is 4.37. The first-order valence-corrected chi connectivity index (χ1v) is 7.40. The van der Waals surface area contributed by atoms with Gasteiger partial charge < -0.3 is 15.6 Å². The van der Waals surface area contributed by atoms with Gasteiger partial charge in [0.25, 0.3) is 0 Å². The lowest BCUT2D eigenvalue weighted by molar-refractivity contribution is -0.167. The summed E-state index contributed by atoms with van der Waals surface area (Å²) in [6.07, 6.45) is 5.83. The molecule has 1 unspecified atom stereocenters. The molecule has 0 aromatic rings. The summed E-state index contributed by atoms with van der Waals surface area (Å²) in [6.45, 7) is 7.26. The Labute approximate surface area is 121 Å². The van der Waals surface area contributed by atoms with E-state index in [-0.39, 0.29) is 0 Å². The van der Waals surface area contributed by atoms with Crippen LogP contribution in [-0.2, 0) is 14.3 Å². The SMILES string of the molecule is CCCCCCCC(N)[C@@H](C(=O)O)C(=O)OC(C)(C)C. The fourth-order valence-corrected chi connectivity index (χ4v) is 1.97. The maximum Gasteiger partial charge on any atom is 0.322 e. The van der Waals surface area contributed by atoms with Crippen molar-refractivity contribution >= 4 is 11.9 Å². The van der Waals surface area contributed by atoms with E-state index in [2.05, 4.69) is 6.92 Å². The van der Waals surface area contributed by atoms with Crippen LogP contribution in [0.2, 0.25) is 0 Å². The number of esters is 1. The van der Waals surface area contributed by atoms with Gasteiger partial charge in [0.05, 0.1) is 0 Å². The van der Waals surface area contributed by atoms with Gasteiger partial charge in [0, 0.05) is 6.04 Å². The zero-order chi connectivity index (χ0) is 15.8. The lowest BCUT2D eigenvalue weighted by Crippen LogP contribution is -2.43. The molecule has 5 heteroatoms. The van der Waals surface area contributed by atoms with E-state index in [1.807, 2.05) is 0 Å². The van der Waals surface area contributed by atoms with Crippen LogP contribution in [0.5, 0.6) is 0 Å². The molecular weight excluding hydrogens is 258 g/mol. The summed E-state index contributed by atoms with van der Waals surface area (Å²) >= 11 is 0. The molecule has 0 aromatic heterocycles. The molecule has 20 heavy (non-hydrogen) atoms. The van der Waals surface area contributed by atoms with Crippen molar-refractivity contribution in [1.82, 2.24) is 0 Å². The zero-order valence-electron chi connectivity index (χ0n) is 13.1. The van der Waals surface area contributed by atoms with Gasteiger partial charge in [0.1, 0.15) is 5.60 Å². The summed E-state index contributed by atoms with van der Waals surface area (Å²) < 4.78 is 5.13. The summed E-state index contributed by atoms with van der Waals surface area (Å²) in [5, 5.41) is 9.17. The number of carboxylic acid groups (broad SMARTS) is 1. The number of carbonyl (C=O) groups is 2. The maximum absolute atomic E-state index is 11.9. The molecule has 0 radical (unpaired) electrons. The summed E-state index contributed by atoms with van der Waals surface area (Å²) in [6, 6.07) is -0.691. The number of carbonyl (C=O) groups excluding carboxylic acids is 1. The highest BCUT2D eigenvalue weighted by molar-refractivity contribution is 5.94. The van der Waals surface area contributed by atoms with E-state index in [0.717, 1.165) is 25.7 Å². The largest absolute Gasteiger partial charge is 0.481 e. The second kappa shape index (κ2) is 8.95. The molecule has 3 N–H and O–H groups in total. The maximum atomic E-state index is 11.9. The molecule has 0 saturated carbocycles. The molecule has 0 heterocycles. The normalized spacial score (nSPS) is 14.7. The third kappa shape index (κ3) is 8.15. The van der Waals surface area contributed by atoms with Gasteiger partial charge in [0.2, 0.25) is 0 Å². The molecule has 0 aliphatic rings. The topological polar surface area (TPSA) is 89.6 Å². The molecule has 2 atom stereocenters. The smallest absolute Gasteiger partial charge is 0.322 e. The van der Waals surface area contributed by atoms with Gasteiger partial charge >= 0.3 is 11.9 Å². The summed E-state index contributed by atoms with van der Waals surface area (Å²) in [7, 11) is 0. The third-order valence-corrected chi connectivity index (χ3v) is 3.00. The van der Waals surface area contributed by atoms with Crippen LogP contribution in [-0.4, -0.2) is 28.7 Å². The Morgan fingerprint density at radius 1 is 1.15 bits per heavy atom. The summed E-state index contributed by atoms with van der Waals surface area (Å²) in [4.78, 5) is 23.1. The average molecular weight is 287 g/mol. The van der Waals surface area contributed by atoms with Crippen molar-refractivity contribution in [3.8, 4) is 0 Å². The average Bonchev–Trinajstić information content (AvgIpc) is 2.25. The van der Waals surface area contributed by atoms with Crippen LogP contribution in [0.1, 0.15) is 66.2 Å². The van der Waals surface area contributed by atoms with Crippen molar-refractivity contribution in [2.75, 3.05) is 0 Å². The highest BCUT2D eigenvalue weighted by atomic mass is 16.6. The Hall–Kier alpha value is -1.10. The first kappa shape index (κ1) is 18.9. The molecular formula is C15H29NO4. The number of unbranched alkanes of at least 4 members (excludes halogenated alkanes) is 4. The van der Waals surface area contributed by atoms with Gasteiger partial charge in [-0.1, -0.05) is 39.0 Å². The van der Waals surface area contributed by atoms with Gasteiger partial charge in [-0.3, -0.25) is 9.59 Å². The van der Waals surface area contributed by atoms with E-state index in [1.165, 1.54) is 6.42 Å². The Kier molecular flexibility index (Phi) is 8.46. The van der Waals surface area contributed by atoms with Gasteiger partial charge in [-0.15, -0.1) is 0 Å². The molecule has 0 saturated heterocycles. The number of hydrogen-bond donors (Lipinski definition) is 2. The molecule has 0 aliphatic heterocycles. The van der Waals surface area contributed by atoms with Crippen molar-refractivity contribution < 1.29 is 19.4 Å². The number of hydrogen-bond acceptors (Lipinski definition) is 4. The third-order valence-electron chi connectivity index (χ3n) is 3.00. The molecule has 0 spiro atoms. The van der Waals surface area contributed by atoms with Gasteiger partial charge in [-0.05, 0) is 27.2 Å². The van der Waals surface area contributed by atoms with Crippen LogP contribution in [0.4, 0.5) is 0 Å². The summed E-state index contributed by atoms with van der Waals surface area (Å²) in [5.41, 5.74) is 5.17. The van der Waals surface area contributed by atoms with E-state index in [4.69, 9.17) is 10.5 Å². The molecule has 0 fully saturated rings. The first-order chi connectivity index (χ1) is 9.19. The number of carboxylic acids is 1. The number of aliphatic carboxylic acids is 1. The van der Waals surface area contributed by atoms with Gasteiger partial charge in [0.15, 0.2) is 5.92 Å². The lowest BCUT2D eigenvalue weighted by Gasteiger charge is -2.25. The lowest BCUT2D eigenvalue weighted by atomic mass is 9.95. The molecule has 118 valence electrons. The van der Waals surface area contributed by atoms with Gasteiger partial charge in [-0.25, -0.2) is 0 Å². The predicted octanol–water partition coefficient (Wildman–Crippen LogP) is 2.72. The summed E-state index contributed by atoms with van der Waals surface area (Å²) in [5.74, 6) is -3.23. The van der Waals surface area contributed by atoms with E-state index < -0.39 is 29.5 Å². The predicted molar refractivity (Wildman–Crippen MR) is 78.3 cm³/mol. The van der Waals surface area contributed by atoms with E-state index in [0.29, 0.717) is 6.42 Å². The minimum Gasteiger partial charge on any atom is -0.481 e. The van der Waals surface area contributed by atoms with Crippen LogP contribution < -0.4 is 5.73 Å². The second-order valence-electron chi connectivity index (χ2n) is 6.22. The number of nitrogens with two attached hydrogens (primary N) is 1. The van der Waals surface area contributed by atoms with Crippen molar-refractivity contribution in [1.29, 1.82) is 0 Å². The van der Waals surface area contributed by atoms with E-state index >= 15 is 0 Å². The molecule has 0 rings (SSSR count). The van der Waals surface area contributed by atoms with Crippen LogP contribution in [0, 0.1) is 5.92 Å². The first-order valence-electron chi connectivity index (χ1n) is 7.40. The minimum atomic E-state index is -1.28. The van der Waals surface area contributed by atoms with Crippen LogP contribution in [0.25, 0.3) is 0 Å². The van der Waals surface area contributed by atoms with E-state index in [9.17, 15) is 14.7 Å². The Morgan fingerprint density at radius 2 is 1.70 bits per heavy atom. The highest BCUT2D eigenvalue weighted by Crippen LogP contribution is 2.17. The highest BCUT2D eigenvalue weighted by Gasteiger charge is 2.35. The van der Waals surface area contributed by atoms with E-state index in [1.54, 1.807) is 20.8 Å². The molecule has 0 bridgehead atoms. The second-order valence-corrected chi connectivity index (χ2v) is 6.22. The van der Waals surface area contributed by atoms with Crippen LogP contribution >= 0.6 is 0 Å². The van der Waals surface area contributed by atoms with Crippen molar-refractivity contribution in [2.45, 2.75) is 77.9 Å². The standard InChI is InChI=1S/C15H29NO4/c1-5-6-7-8-9-10-11(16)12(13(17)18)14(19)20-15(2,3)4/h11-12H,5-10,16H2,1-4H3,(H,17,18)/t11?,12-/m0/s1. The Morgan fingerprint density at radius 3 is 2.15 bits per heavy atom. The van der Waals surface area contributed by atoms with Crippen LogP contribution in [0.15, 0.2) is 0 Å². The molecule has 5 nitrogen and oxygen atoms in total. The van der Waals surface area contributed by atoms with Crippen molar-refractivity contribution in [3.05, 3.63) is 0 Å². The minimum absolute atomic E-state index is 0.528. The monoisotopic (exact) mass is 287 g/mol. The zero-order valence-corrected chi connectivity index (χ0v) is 13.1. The van der Waals surface area contributed by atoms with Gasteiger partial charge in [-0.2, -0.15) is 0 Å². The quantitative estimate of drug-likeness (QED) is 0.386. The van der Waals surface area contributed by atoms with Crippen molar-refractivity contribution in [2.24, 2.45) is 11.7 Å². The van der Waals surface area contributed by atoms with Crippen molar-refractivity contribution in [3.63, 3.8) is 0 Å². The Bertz CT molecular complexity index is 309. The number of rotatable bonds is 9. The fraction of sp³-hybridized carbons (Fsp3) is 0.867. The molecule has 0 amide bonds. The molecule has 0 aliphatic carbocycles. The van der Waals surface area contributed by atoms with Crippen LogP contribution in [0.3, 0.4) is 0 Å². The number of ether oxygens (including phenoxy) is 1. The fourth-order valence-electron chi connectivity index (χ4n) is 1.97. The molecule has 0 aromatic carbocycles.